The maximum atomic E-state index is 3.75. The van der Waals surface area contributed by atoms with Crippen LogP contribution in [0.3, 0.4) is 0 Å². The molecule has 6 aromatic rings. The standard InChI is InChI=1S/C30H21NS/c1-3-10-21(11-4-1)23-18-24(22-12-5-2-6-13-22)20-25(19-23)31-27-15-9-17-29-30(27)26-14-7-8-16-28(26)32-29/h1-20,31H. The Morgan fingerprint density at radius 3 is 1.75 bits per heavy atom. The molecule has 152 valence electrons. The van der Waals surface area contributed by atoms with Gasteiger partial charge in [0.1, 0.15) is 0 Å². The molecule has 1 aromatic heterocycles. The van der Waals surface area contributed by atoms with Crippen LogP contribution in [0.4, 0.5) is 11.4 Å². The molecule has 5 aromatic carbocycles. The number of fused-ring (bicyclic) bond motifs is 3. The van der Waals surface area contributed by atoms with Gasteiger partial charge in [-0.25, -0.2) is 0 Å². The lowest BCUT2D eigenvalue weighted by atomic mass is 9.98. The largest absolute Gasteiger partial charge is 0.355 e. The predicted octanol–water partition coefficient (Wildman–Crippen LogP) is 9.13. The number of thiophene rings is 1. The second-order valence-electron chi connectivity index (χ2n) is 7.93. The summed E-state index contributed by atoms with van der Waals surface area (Å²) in [5, 5.41) is 6.35. The molecule has 0 radical (unpaired) electrons. The van der Waals surface area contributed by atoms with Gasteiger partial charge in [0, 0.05) is 31.5 Å². The fourth-order valence-corrected chi connectivity index (χ4v) is 5.46. The maximum absolute atomic E-state index is 3.75. The van der Waals surface area contributed by atoms with Crippen molar-refractivity contribution in [3.05, 3.63) is 121 Å². The third-order valence-corrected chi connectivity index (χ3v) is 6.96. The molecule has 0 aliphatic heterocycles. The Labute approximate surface area is 191 Å². The van der Waals surface area contributed by atoms with Crippen LogP contribution in [0.15, 0.2) is 121 Å². The van der Waals surface area contributed by atoms with Gasteiger partial charge in [0.05, 0.1) is 0 Å². The van der Waals surface area contributed by atoms with Crippen molar-refractivity contribution >= 4 is 42.9 Å². The normalized spacial score (nSPS) is 11.1. The van der Waals surface area contributed by atoms with E-state index in [0.717, 1.165) is 11.4 Å². The number of rotatable bonds is 4. The van der Waals surface area contributed by atoms with Crippen LogP contribution >= 0.6 is 11.3 Å². The summed E-state index contributed by atoms with van der Waals surface area (Å²) in [4.78, 5) is 0. The van der Waals surface area contributed by atoms with E-state index in [2.05, 4.69) is 127 Å². The second kappa shape index (κ2) is 7.99. The van der Waals surface area contributed by atoms with E-state index in [-0.39, 0.29) is 0 Å². The zero-order valence-corrected chi connectivity index (χ0v) is 18.3. The molecule has 0 aliphatic carbocycles. The molecule has 1 heterocycles. The lowest BCUT2D eigenvalue weighted by Gasteiger charge is -2.14. The summed E-state index contributed by atoms with van der Waals surface area (Å²) >= 11 is 1.85. The lowest BCUT2D eigenvalue weighted by molar-refractivity contribution is 1.55. The fourth-order valence-electron chi connectivity index (χ4n) is 4.33. The second-order valence-corrected chi connectivity index (χ2v) is 9.02. The third-order valence-electron chi connectivity index (χ3n) is 5.83. The summed E-state index contributed by atoms with van der Waals surface area (Å²) < 4.78 is 2.62. The Hall–Kier alpha value is -3.88. The molecular formula is C30H21NS. The zero-order chi connectivity index (χ0) is 21.3. The van der Waals surface area contributed by atoms with E-state index in [9.17, 15) is 0 Å². The Bertz CT molecular complexity index is 1470. The topological polar surface area (TPSA) is 12.0 Å². The van der Waals surface area contributed by atoms with Gasteiger partial charge in [-0.05, 0) is 58.7 Å². The highest BCUT2D eigenvalue weighted by Gasteiger charge is 2.11. The number of hydrogen-bond donors (Lipinski definition) is 1. The van der Waals surface area contributed by atoms with Crippen LogP contribution in [0, 0.1) is 0 Å². The lowest BCUT2D eigenvalue weighted by Crippen LogP contribution is -1.93. The number of hydrogen-bond acceptors (Lipinski definition) is 2. The van der Waals surface area contributed by atoms with Gasteiger partial charge >= 0.3 is 0 Å². The van der Waals surface area contributed by atoms with Crippen molar-refractivity contribution in [2.45, 2.75) is 0 Å². The first-order valence-corrected chi connectivity index (χ1v) is 11.6. The number of nitrogens with one attached hydrogen (secondary N) is 1. The molecule has 0 atom stereocenters. The highest BCUT2D eigenvalue weighted by Crippen LogP contribution is 2.40. The van der Waals surface area contributed by atoms with Crippen molar-refractivity contribution in [3.63, 3.8) is 0 Å². The minimum atomic E-state index is 1.09. The van der Waals surface area contributed by atoms with Gasteiger partial charge in [-0.3, -0.25) is 0 Å². The first-order chi connectivity index (χ1) is 15.8. The number of benzene rings is 5. The minimum Gasteiger partial charge on any atom is -0.355 e. The average molecular weight is 428 g/mol. The fraction of sp³-hybridized carbons (Fsp3) is 0. The molecule has 0 unspecified atom stereocenters. The van der Waals surface area contributed by atoms with E-state index in [4.69, 9.17) is 0 Å². The van der Waals surface area contributed by atoms with Crippen molar-refractivity contribution in [2.24, 2.45) is 0 Å². The molecule has 0 fully saturated rings. The van der Waals surface area contributed by atoms with E-state index in [0.29, 0.717) is 0 Å². The number of anilines is 2. The summed E-state index contributed by atoms with van der Waals surface area (Å²) in [6.07, 6.45) is 0. The van der Waals surface area contributed by atoms with Crippen LogP contribution < -0.4 is 5.32 Å². The molecule has 0 bridgehead atoms. The van der Waals surface area contributed by atoms with E-state index in [1.165, 1.54) is 42.4 Å². The van der Waals surface area contributed by atoms with E-state index < -0.39 is 0 Å². The quantitative estimate of drug-likeness (QED) is 0.296. The van der Waals surface area contributed by atoms with Crippen molar-refractivity contribution in [3.8, 4) is 22.3 Å². The molecule has 32 heavy (non-hydrogen) atoms. The van der Waals surface area contributed by atoms with E-state index >= 15 is 0 Å². The summed E-state index contributed by atoms with van der Waals surface area (Å²) in [6.45, 7) is 0. The Morgan fingerprint density at radius 1 is 0.469 bits per heavy atom. The van der Waals surface area contributed by atoms with Crippen LogP contribution in [0.2, 0.25) is 0 Å². The third kappa shape index (κ3) is 3.45. The Kier molecular flexibility index (Phi) is 4.71. The van der Waals surface area contributed by atoms with Crippen LogP contribution in [0.25, 0.3) is 42.4 Å². The Morgan fingerprint density at radius 2 is 1.06 bits per heavy atom. The first-order valence-electron chi connectivity index (χ1n) is 10.8. The van der Waals surface area contributed by atoms with Gasteiger partial charge in [-0.15, -0.1) is 11.3 Å². The highest BCUT2D eigenvalue weighted by atomic mass is 32.1. The van der Waals surface area contributed by atoms with E-state index in [1.54, 1.807) is 0 Å². The van der Waals surface area contributed by atoms with Crippen molar-refractivity contribution in [1.29, 1.82) is 0 Å². The minimum absolute atomic E-state index is 1.09. The van der Waals surface area contributed by atoms with E-state index in [1.807, 2.05) is 11.3 Å². The van der Waals surface area contributed by atoms with Crippen molar-refractivity contribution in [1.82, 2.24) is 0 Å². The van der Waals surface area contributed by atoms with Gasteiger partial charge in [-0.2, -0.15) is 0 Å². The summed E-state index contributed by atoms with van der Waals surface area (Å²) in [6, 6.07) is 43.1. The summed E-state index contributed by atoms with van der Waals surface area (Å²) in [5.41, 5.74) is 7.07. The van der Waals surface area contributed by atoms with Crippen LogP contribution in [0.1, 0.15) is 0 Å². The molecule has 0 saturated heterocycles. The molecule has 0 saturated carbocycles. The maximum Gasteiger partial charge on any atom is 0.0478 e. The van der Waals surface area contributed by atoms with Crippen LogP contribution in [0.5, 0.6) is 0 Å². The molecule has 1 N–H and O–H groups in total. The van der Waals surface area contributed by atoms with Gasteiger partial charge in [0.25, 0.3) is 0 Å². The van der Waals surface area contributed by atoms with Gasteiger partial charge in [0.2, 0.25) is 0 Å². The molecule has 0 spiro atoms. The molecule has 2 heteroatoms. The smallest absolute Gasteiger partial charge is 0.0478 e. The zero-order valence-electron chi connectivity index (χ0n) is 17.5. The molecule has 0 aliphatic rings. The van der Waals surface area contributed by atoms with Crippen molar-refractivity contribution in [2.75, 3.05) is 5.32 Å². The van der Waals surface area contributed by atoms with Gasteiger partial charge in [-0.1, -0.05) is 84.9 Å². The van der Waals surface area contributed by atoms with Crippen molar-refractivity contribution < 1.29 is 0 Å². The molecular weight excluding hydrogens is 406 g/mol. The van der Waals surface area contributed by atoms with Gasteiger partial charge < -0.3 is 5.32 Å². The molecule has 1 nitrogen and oxygen atoms in total. The van der Waals surface area contributed by atoms with Crippen LogP contribution in [-0.4, -0.2) is 0 Å². The summed E-state index contributed by atoms with van der Waals surface area (Å²) in [5.74, 6) is 0. The van der Waals surface area contributed by atoms with Crippen LogP contribution in [-0.2, 0) is 0 Å². The molecule has 0 amide bonds. The summed E-state index contributed by atoms with van der Waals surface area (Å²) in [7, 11) is 0. The molecule has 6 rings (SSSR count). The van der Waals surface area contributed by atoms with Gasteiger partial charge in [0.15, 0.2) is 0 Å². The Balaban J connectivity index is 1.52. The highest BCUT2D eigenvalue weighted by molar-refractivity contribution is 7.25. The first kappa shape index (κ1) is 18.9. The SMILES string of the molecule is c1ccc(-c2cc(Nc3cccc4sc5ccccc5c34)cc(-c3ccccc3)c2)cc1. The predicted molar refractivity (Wildman–Crippen MR) is 140 cm³/mol. The average Bonchev–Trinajstić information content (AvgIpc) is 3.25. The monoisotopic (exact) mass is 427 g/mol.